The standard InChI is InChI=1S/C21H23N3O4S/c25-21(18-5-3-17(4-6-18)14-23-12-9-22-16-23)24-10-7-20(8-11-24)29(26,27)15-19-2-1-13-28-19/h1-6,9,12-13,16,20H,7-8,10-11,14-15H2. The van der Waals surface area contributed by atoms with Gasteiger partial charge in [-0.3, -0.25) is 4.79 Å². The molecule has 1 aliphatic heterocycles. The van der Waals surface area contributed by atoms with Crippen molar-refractivity contribution in [3.63, 3.8) is 0 Å². The summed E-state index contributed by atoms with van der Waals surface area (Å²) in [6.07, 6.45) is 7.76. The summed E-state index contributed by atoms with van der Waals surface area (Å²) in [4.78, 5) is 18.6. The summed E-state index contributed by atoms with van der Waals surface area (Å²) in [5, 5.41) is -0.436. The minimum absolute atomic E-state index is 0.0546. The Bertz CT molecular complexity index is 1030. The van der Waals surface area contributed by atoms with E-state index in [1.54, 1.807) is 29.6 Å². The number of hydrogen-bond donors (Lipinski definition) is 0. The molecular weight excluding hydrogens is 390 g/mol. The van der Waals surface area contributed by atoms with Crippen LogP contribution in [0.15, 0.2) is 65.8 Å². The van der Waals surface area contributed by atoms with Gasteiger partial charge in [0.1, 0.15) is 11.5 Å². The van der Waals surface area contributed by atoms with E-state index < -0.39 is 15.1 Å². The zero-order valence-corrected chi connectivity index (χ0v) is 16.8. The largest absolute Gasteiger partial charge is 0.468 e. The number of carbonyl (C=O) groups is 1. The number of sulfone groups is 1. The van der Waals surface area contributed by atoms with E-state index in [2.05, 4.69) is 4.98 Å². The molecule has 4 rings (SSSR count). The first-order chi connectivity index (χ1) is 14.0. The third-order valence-corrected chi connectivity index (χ3v) is 7.46. The number of piperidine rings is 1. The van der Waals surface area contributed by atoms with Gasteiger partial charge in [-0.2, -0.15) is 0 Å². The zero-order chi connectivity index (χ0) is 20.3. The monoisotopic (exact) mass is 413 g/mol. The van der Waals surface area contributed by atoms with E-state index in [9.17, 15) is 13.2 Å². The highest BCUT2D eigenvalue weighted by Gasteiger charge is 2.32. The molecule has 1 amide bonds. The average Bonchev–Trinajstić information content (AvgIpc) is 3.42. The number of imidazole rings is 1. The predicted molar refractivity (Wildman–Crippen MR) is 108 cm³/mol. The van der Waals surface area contributed by atoms with Crippen LogP contribution < -0.4 is 0 Å². The van der Waals surface area contributed by atoms with Crippen LogP contribution in [0.25, 0.3) is 0 Å². The molecule has 1 saturated heterocycles. The number of likely N-dealkylation sites (tertiary alicyclic amines) is 1. The highest BCUT2D eigenvalue weighted by molar-refractivity contribution is 7.91. The Labute approximate surface area is 169 Å². The minimum Gasteiger partial charge on any atom is -0.468 e. The Hall–Kier alpha value is -2.87. The molecule has 1 aliphatic rings. The summed E-state index contributed by atoms with van der Waals surface area (Å²) in [5.74, 6) is 0.317. The van der Waals surface area contributed by atoms with E-state index in [0.717, 1.165) is 5.56 Å². The van der Waals surface area contributed by atoms with Crippen molar-refractivity contribution in [3.8, 4) is 0 Å². The van der Waals surface area contributed by atoms with Gasteiger partial charge < -0.3 is 13.9 Å². The topological polar surface area (TPSA) is 85.4 Å². The molecule has 2 aromatic heterocycles. The van der Waals surface area contributed by atoms with Crippen molar-refractivity contribution in [2.45, 2.75) is 30.4 Å². The normalized spacial score (nSPS) is 15.5. The fraction of sp³-hybridized carbons (Fsp3) is 0.333. The first kappa shape index (κ1) is 19.4. The van der Waals surface area contributed by atoms with Crippen LogP contribution in [0, 0.1) is 0 Å². The van der Waals surface area contributed by atoms with Gasteiger partial charge in [-0.25, -0.2) is 13.4 Å². The number of benzene rings is 1. The van der Waals surface area contributed by atoms with E-state index in [4.69, 9.17) is 4.42 Å². The first-order valence-corrected chi connectivity index (χ1v) is 11.3. The van der Waals surface area contributed by atoms with Crippen molar-refractivity contribution in [1.82, 2.24) is 14.5 Å². The molecule has 3 heterocycles. The van der Waals surface area contributed by atoms with Gasteiger partial charge >= 0.3 is 0 Å². The van der Waals surface area contributed by atoms with Crippen molar-refractivity contribution in [2.24, 2.45) is 0 Å². The maximum atomic E-state index is 12.8. The minimum atomic E-state index is -3.29. The van der Waals surface area contributed by atoms with Gasteiger partial charge in [0.05, 0.1) is 17.8 Å². The number of amides is 1. The lowest BCUT2D eigenvalue weighted by atomic mass is 10.1. The summed E-state index contributed by atoms with van der Waals surface area (Å²) < 4.78 is 32.3. The van der Waals surface area contributed by atoms with Crippen molar-refractivity contribution >= 4 is 15.7 Å². The molecule has 0 N–H and O–H groups in total. The molecule has 0 bridgehead atoms. The van der Waals surface area contributed by atoms with Crippen molar-refractivity contribution in [3.05, 3.63) is 78.3 Å². The molecule has 3 aromatic rings. The van der Waals surface area contributed by atoms with Crippen LogP contribution in [0.5, 0.6) is 0 Å². The molecule has 8 heteroatoms. The van der Waals surface area contributed by atoms with Crippen LogP contribution in [-0.4, -0.2) is 47.1 Å². The first-order valence-electron chi connectivity index (χ1n) is 9.59. The van der Waals surface area contributed by atoms with Crippen LogP contribution in [0.2, 0.25) is 0 Å². The summed E-state index contributed by atoms with van der Waals surface area (Å²) in [6.45, 7) is 1.59. The second kappa shape index (κ2) is 8.24. The second-order valence-electron chi connectivity index (χ2n) is 7.31. The molecule has 0 aliphatic carbocycles. The summed E-state index contributed by atoms with van der Waals surface area (Å²) in [7, 11) is -3.29. The quantitative estimate of drug-likeness (QED) is 0.620. The molecule has 152 valence electrons. The van der Waals surface area contributed by atoms with Gasteiger partial charge in [0.15, 0.2) is 9.84 Å². The zero-order valence-electron chi connectivity index (χ0n) is 16.0. The van der Waals surface area contributed by atoms with Gasteiger partial charge in [-0.15, -0.1) is 0 Å². The number of carbonyl (C=O) groups excluding carboxylic acids is 1. The molecule has 0 spiro atoms. The Kier molecular flexibility index (Phi) is 5.53. The maximum Gasteiger partial charge on any atom is 0.253 e. The van der Waals surface area contributed by atoms with Gasteiger partial charge in [0, 0.05) is 37.6 Å². The summed E-state index contributed by atoms with van der Waals surface area (Å²) in [5.41, 5.74) is 1.71. The number of rotatable bonds is 6. The Morgan fingerprint density at radius 2 is 1.90 bits per heavy atom. The molecular formula is C21H23N3O4S. The number of furan rings is 1. The molecule has 0 atom stereocenters. The van der Waals surface area contributed by atoms with E-state index in [-0.39, 0.29) is 11.7 Å². The summed E-state index contributed by atoms with van der Waals surface area (Å²) >= 11 is 0. The van der Waals surface area contributed by atoms with Gasteiger partial charge in [-0.05, 0) is 42.7 Å². The molecule has 0 radical (unpaired) electrons. The summed E-state index contributed by atoms with van der Waals surface area (Å²) in [6, 6.07) is 10.9. The Morgan fingerprint density at radius 3 is 2.52 bits per heavy atom. The third kappa shape index (κ3) is 4.59. The van der Waals surface area contributed by atoms with Crippen LogP contribution >= 0.6 is 0 Å². The van der Waals surface area contributed by atoms with Gasteiger partial charge in [0.2, 0.25) is 0 Å². The van der Waals surface area contributed by atoms with E-state index in [1.165, 1.54) is 6.26 Å². The molecule has 29 heavy (non-hydrogen) atoms. The van der Waals surface area contributed by atoms with Gasteiger partial charge in [0.25, 0.3) is 5.91 Å². The highest BCUT2D eigenvalue weighted by Crippen LogP contribution is 2.23. The van der Waals surface area contributed by atoms with Crippen LogP contribution in [0.3, 0.4) is 0 Å². The average molecular weight is 413 g/mol. The highest BCUT2D eigenvalue weighted by atomic mass is 32.2. The lowest BCUT2D eigenvalue weighted by Crippen LogP contribution is -2.42. The van der Waals surface area contributed by atoms with E-state index in [1.807, 2.05) is 35.0 Å². The van der Waals surface area contributed by atoms with Gasteiger partial charge in [-0.1, -0.05) is 12.1 Å². The van der Waals surface area contributed by atoms with Crippen LogP contribution in [0.1, 0.15) is 34.5 Å². The predicted octanol–water partition coefficient (Wildman–Crippen LogP) is 2.74. The third-order valence-electron chi connectivity index (χ3n) is 5.29. The fourth-order valence-corrected chi connectivity index (χ4v) is 5.38. The van der Waals surface area contributed by atoms with E-state index >= 15 is 0 Å². The second-order valence-corrected chi connectivity index (χ2v) is 9.59. The van der Waals surface area contributed by atoms with E-state index in [0.29, 0.717) is 43.8 Å². The molecule has 0 saturated carbocycles. The SMILES string of the molecule is O=C(c1ccc(Cn2ccnc2)cc1)N1CCC(S(=O)(=O)Cc2ccco2)CC1. The van der Waals surface area contributed by atoms with Crippen molar-refractivity contribution in [2.75, 3.05) is 13.1 Å². The fourth-order valence-electron chi connectivity index (χ4n) is 3.66. The maximum absolute atomic E-state index is 12.8. The molecule has 0 unspecified atom stereocenters. The smallest absolute Gasteiger partial charge is 0.253 e. The lowest BCUT2D eigenvalue weighted by molar-refractivity contribution is 0.0725. The Morgan fingerprint density at radius 1 is 1.14 bits per heavy atom. The molecule has 1 fully saturated rings. The molecule has 1 aromatic carbocycles. The van der Waals surface area contributed by atoms with Crippen LogP contribution in [0.4, 0.5) is 0 Å². The number of hydrogen-bond acceptors (Lipinski definition) is 5. The lowest BCUT2D eigenvalue weighted by Gasteiger charge is -2.31. The van der Waals surface area contributed by atoms with Crippen molar-refractivity contribution in [1.29, 1.82) is 0 Å². The number of nitrogens with zero attached hydrogens (tertiary/aromatic N) is 3. The van der Waals surface area contributed by atoms with Crippen LogP contribution in [-0.2, 0) is 22.1 Å². The van der Waals surface area contributed by atoms with Crippen molar-refractivity contribution < 1.29 is 17.6 Å². The number of aromatic nitrogens is 2. The molecule has 7 nitrogen and oxygen atoms in total. The Balaban J connectivity index is 1.34.